The molecule has 0 spiro atoms. The van der Waals surface area contributed by atoms with E-state index in [4.69, 9.17) is 4.74 Å². The highest BCUT2D eigenvalue weighted by atomic mass is 16.5. The fraction of sp³-hybridized carbons (Fsp3) is 0.500. The summed E-state index contributed by atoms with van der Waals surface area (Å²) < 4.78 is 5.73. The van der Waals surface area contributed by atoms with E-state index in [0.717, 1.165) is 5.75 Å². The molecule has 0 aromatic heterocycles. The van der Waals surface area contributed by atoms with E-state index in [-0.39, 0.29) is 5.91 Å². The molecule has 1 aromatic carbocycles. The molecule has 3 heteroatoms. The van der Waals surface area contributed by atoms with Crippen molar-refractivity contribution in [3.05, 3.63) is 29.3 Å². The highest BCUT2D eigenvalue weighted by molar-refractivity contribution is 5.80. The fourth-order valence-corrected chi connectivity index (χ4v) is 1.55. The second-order valence-electron chi connectivity index (χ2n) is 4.49. The van der Waals surface area contributed by atoms with Gasteiger partial charge in [0, 0.05) is 14.1 Å². The SMILES string of the molecule is CC[C@H](Oc1ccc(C)c(C)c1)C(=O)N(C)C. The van der Waals surface area contributed by atoms with Crippen LogP contribution in [0.3, 0.4) is 0 Å². The lowest BCUT2D eigenvalue weighted by molar-refractivity contribution is -0.136. The molecule has 1 amide bonds. The van der Waals surface area contributed by atoms with Gasteiger partial charge in [0.1, 0.15) is 5.75 Å². The molecule has 0 heterocycles. The molecule has 0 fully saturated rings. The van der Waals surface area contributed by atoms with Gasteiger partial charge in [-0.15, -0.1) is 0 Å². The molecule has 0 bridgehead atoms. The van der Waals surface area contributed by atoms with Gasteiger partial charge in [-0.05, 0) is 43.5 Å². The van der Waals surface area contributed by atoms with Gasteiger partial charge in [0.2, 0.25) is 0 Å². The van der Waals surface area contributed by atoms with Crippen LogP contribution < -0.4 is 4.74 Å². The maximum Gasteiger partial charge on any atom is 0.263 e. The second kappa shape index (κ2) is 5.71. The van der Waals surface area contributed by atoms with Gasteiger partial charge in [0.25, 0.3) is 5.91 Å². The summed E-state index contributed by atoms with van der Waals surface area (Å²) in [5.74, 6) is 0.765. The van der Waals surface area contributed by atoms with Crippen LogP contribution in [0.5, 0.6) is 5.75 Å². The molecule has 3 nitrogen and oxygen atoms in total. The summed E-state index contributed by atoms with van der Waals surface area (Å²) in [6.45, 7) is 6.05. The molecule has 0 N–H and O–H groups in total. The number of likely N-dealkylation sites (N-methyl/N-ethyl adjacent to an activating group) is 1. The predicted octanol–water partition coefficient (Wildman–Crippen LogP) is 2.55. The predicted molar refractivity (Wildman–Crippen MR) is 69.3 cm³/mol. The van der Waals surface area contributed by atoms with E-state index in [1.54, 1.807) is 19.0 Å². The molecule has 94 valence electrons. The average molecular weight is 235 g/mol. The molecule has 0 aliphatic rings. The maximum atomic E-state index is 11.8. The monoisotopic (exact) mass is 235 g/mol. The van der Waals surface area contributed by atoms with Crippen molar-refractivity contribution >= 4 is 5.91 Å². The topological polar surface area (TPSA) is 29.5 Å². The Morgan fingerprint density at radius 2 is 1.94 bits per heavy atom. The van der Waals surface area contributed by atoms with E-state index in [0.29, 0.717) is 6.42 Å². The lowest BCUT2D eigenvalue weighted by Crippen LogP contribution is -2.37. The van der Waals surface area contributed by atoms with Gasteiger partial charge in [0.05, 0.1) is 0 Å². The summed E-state index contributed by atoms with van der Waals surface area (Å²) in [5.41, 5.74) is 2.40. The van der Waals surface area contributed by atoms with Crippen molar-refractivity contribution < 1.29 is 9.53 Å². The molecule has 0 saturated heterocycles. The minimum absolute atomic E-state index is 0.00530. The van der Waals surface area contributed by atoms with E-state index in [9.17, 15) is 4.79 Å². The first-order valence-electron chi connectivity index (χ1n) is 5.90. The van der Waals surface area contributed by atoms with Gasteiger partial charge >= 0.3 is 0 Å². The van der Waals surface area contributed by atoms with Crippen LogP contribution in [0.1, 0.15) is 24.5 Å². The van der Waals surface area contributed by atoms with E-state index in [1.807, 2.05) is 32.0 Å². The van der Waals surface area contributed by atoms with Crippen LogP contribution in [0.2, 0.25) is 0 Å². The second-order valence-corrected chi connectivity index (χ2v) is 4.49. The number of rotatable bonds is 4. The van der Waals surface area contributed by atoms with Crippen molar-refractivity contribution in [1.29, 1.82) is 0 Å². The third kappa shape index (κ3) is 3.48. The first kappa shape index (κ1) is 13.6. The first-order chi connectivity index (χ1) is 7.95. The van der Waals surface area contributed by atoms with Crippen LogP contribution in [0.4, 0.5) is 0 Å². The van der Waals surface area contributed by atoms with Gasteiger partial charge < -0.3 is 9.64 Å². The number of aryl methyl sites for hydroxylation is 2. The average Bonchev–Trinajstić information content (AvgIpc) is 2.29. The Morgan fingerprint density at radius 3 is 2.41 bits per heavy atom. The van der Waals surface area contributed by atoms with Gasteiger partial charge in [-0.1, -0.05) is 13.0 Å². The van der Waals surface area contributed by atoms with Crippen molar-refractivity contribution in [2.75, 3.05) is 14.1 Å². The molecule has 17 heavy (non-hydrogen) atoms. The molecule has 1 rings (SSSR count). The molecular formula is C14H21NO2. The van der Waals surface area contributed by atoms with Crippen molar-refractivity contribution in [3.63, 3.8) is 0 Å². The largest absolute Gasteiger partial charge is 0.481 e. The number of nitrogens with zero attached hydrogens (tertiary/aromatic N) is 1. The van der Waals surface area contributed by atoms with Crippen molar-refractivity contribution in [3.8, 4) is 5.75 Å². The number of ether oxygens (including phenoxy) is 1. The Kier molecular flexibility index (Phi) is 4.55. The molecule has 0 aliphatic carbocycles. The van der Waals surface area contributed by atoms with Crippen molar-refractivity contribution in [2.24, 2.45) is 0 Å². The number of carbonyl (C=O) groups is 1. The molecule has 0 saturated carbocycles. The first-order valence-corrected chi connectivity index (χ1v) is 5.90. The van der Waals surface area contributed by atoms with E-state index in [2.05, 4.69) is 6.92 Å². The van der Waals surface area contributed by atoms with Crippen LogP contribution in [0, 0.1) is 13.8 Å². The van der Waals surface area contributed by atoms with E-state index in [1.165, 1.54) is 11.1 Å². The van der Waals surface area contributed by atoms with Gasteiger partial charge in [-0.3, -0.25) is 4.79 Å². The summed E-state index contributed by atoms with van der Waals surface area (Å²) in [4.78, 5) is 13.4. The quantitative estimate of drug-likeness (QED) is 0.802. The molecule has 1 atom stereocenters. The summed E-state index contributed by atoms with van der Waals surface area (Å²) in [7, 11) is 3.49. The minimum Gasteiger partial charge on any atom is -0.481 e. The molecule has 0 aliphatic heterocycles. The minimum atomic E-state index is -0.396. The van der Waals surface area contributed by atoms with Crippen molar-refractivity contribution in [1.82, 2.24) is 4.90 Å². The van der Waals surface area contributed by atoms with Crippen LogP contribution in [0.25, 0.3) is 0 Å². The summed E-state index contributed by atoms with van der Waals surface area (Å²) in [5, 5.41) is 0. The van der Waals surface area contributed by atoms with E-state index < -0.39 is 6.10 Å². The smallest absolute Gasteiger partial charge is 0.263 e. The van der Waals surface area contributed by atoms with Crippen LogP contribution >= 0.6 is 0 Å². The van der Waals surface area contributed by atoms with Crippen LogP contribution in [0.15, 0.2) is 18.2 Å². The molecular weight excluding hydrogens is 214 g/mol. The third-order valence-corrected chi connectivity index (χ3v) is 2.84. The summed E-state index contributed by atoms with van der Waals surface area (Å²) in [6, 6.07) is 5.90. The molecule has 1 aromatic rings. The number of hydrogen-bond acceptors (Lipinski definition) is 2. The van der Waals surface area contributed by atoms with Gasteiger partial charge in [0.15, 0.2) is 6.10 Å². The molecule has 0 unspecified atom stereocenters. The number of hydrogen-bond donors (Lipinski definition) is 0. The van der Waals surface area contributed by atoms with Crippen molar-refractivity contribution in [2.45, 2.75) is 33.3 Å². The van der Waals surface area contributed by atoms with Gasteiger partial charge in [-0.25, -0.2) is 0 Å². The Balaban J connectivity index is 2.80. The zero-order valence-electron chi connectivity index (χ0n) is 11.3. The van der Waals surface area contributed by atoms with E-state index >= 15 is 0 Å². The summed E-state index contributed by atoms with van der Waals surface area (Å²) in [6.07, 6.45) is 0.274. The number of benzene rings is 1. The zero-order chi connectivity index (χ0) is 13.0. The Labute approximate surface area is 103 Å². The van der Waals surface area contributed by atoms with Gasteiger partial charge in [-0.2, -0.15) is 0 Å². The molecule has 0 radical (unpaired) electrons. The van der Waals surface area contributed by atoms with Crippen LogP contribution in [-0.4, -0.2) is 31.0 Å². The summed E-state index contributed by atoms with van der Waals surface area (Å²) >= 11 is 0. The Hall–Kier alpha value is -1.51. The zero-order valence-corrected chi connectivity index (χ0v) is 11.3. The number of carbonyl (C=O) groups excluding carboxylic acids is 1. The fourth-order valence-electron chi connectivity index (χ4n) is 1.55. The number of amides is 1. The standard InChI is InChI=1S/C14H21NO2/c1-6-13(14(16)15(4)5)17-12-8-7-10(2)11(3)9-12/h7-9,13H,6H2,1-5H3/t13-/m0/s1. The third-order valence-electron chi connectivity index (χ3n) is 2.84. The lowest BCUT2D eigenvalue weighted by atomic mass is 10.1. The Morgan fingerprint density at radius 1 is 1.29 bits per heavy atom. The highest BCUT2D eigenvalue weighted by Crippen LogP contribution is 2.18. The lowest BCUT2D eigenvalue weighted by Gasteiger charge is -2.21. The maximum absolute atomic E-state index is 11.8. The normalized spacial score (nSPS) is 12.1. The highest BCUT2D eigenvalue weighted by Gasteiger charge is 2.19. The Bertz CT molecular complexity index is 399. The van der Waals surface area contributed by atoms with Crippen LogP contribution in [-0.2, 0) is 4.79 Å².